The van der Waals surface area contributed by atoms with E-state index >= 15 is 0 Å². The highest BCUT2D eigenvalue weighted by molar-refractivity contribution is 6.30. The van der Waals surface area contributed by atoms with Gasteiger partial charge in [-0.25, -0.2) is 9.97 Å². The van der Waals surface area contributed by atoms with Gasteiger partial charge < -0.3 is 10.6 Å². The van der Waals surface area contributed by atoms with Crippen LogP contribution in [0.2, 0.25) is 5.02 Å². The van der Waals surface area contributed by atoms with E-state index in [-0.39, 0.29) is 11.5 Å². The van der Waals surface area contributed by atoms with Gasteiger partial charge in [-0.2, -0.15) is 0 Å². The zero-order valence-electron chi connectivity index (χ0n) is 13.7. The molecule has 0 spiro atoms. The molecule has 1 aliphatic heterocycles. The maximum Gasteiger partial charge on any atom is 0.277 e. The summed E-state index contributed by atoms with van der Waals surface area (Å²) in [5.41, 5.74) is -0.00528. The first-order valence-electron chi connectivity index (χ1n) is 7.87. The van der Waals surface area contributed by atoms with Crippen molar-refractivity contribution < 1.29 is 4.79 Å². The molecule has 0 fully saturated rings. The number of fused-ring (bicyclic) bond motifs is 1. The Hall–Kier alpha value is -3.19. The second kappa shape index (κ2) is 5.96. The molecule has 0 bridgehead atoms. The minimum absolute atomic E-state index is 0.292. The predicted octanol–water partition coefficient (Wildman–Crippen LogP) is 2.50. The van der Waals surface area contributed by atoms with E-state index in [1.54, 1.807) is 55.6 Å². The molecule has 7 nitrogen and oxygen atoms in total. The molecule has 1 aromatic carbocycles. The number of hydrogen-bond donors (Lipinski definition) is 2. The fourth-order valence-electron chi connectivity index (χ4n) is 3.07. The lowest BCUT2D eigenvalue weighted by Crippen LogP contribution is -2.45. The van der Waals surface area contributed by atoms with E-state index in [0.29, 0.717) is 22.2 Å². The zero-order chi connectivity index (χ0) is 18.3. The van der Waals surface area contributed by atoms with Gasteiger partial charge in [0.25, 0.3) is 11.5 Å². The van der Waals surface area contributed by atoms with Crippen LogP contribution in [0.25, 0.3) is 0 Å². The first-order valence-corrected chi connectivity index (χ1v) is 8.25. The summed E-state index contributed by atoms with van der Waals surface area (Å²) in [6, 6.07) is 11.9. The van der Waals surface area contributed by atoms with Crippen molar-refractivity contribution in [3.8, 4) is 0 Å². The number of anilines is 2. The van der Waals surface area contributed by atoms with E-state index in [1.165, 1.54) is 10.9 Å². The van der Waals surface area contributed by atoms with Crippen molar-refractivity contribution in [1.29, 1.82) is 0 Å². The highest BCUT2D eigenvalue weighted by Gasteiger charge is 2.41. The Balaban J connectivity index is 1.85. The third-order valence-electron chi connectivity index (χ3n) is 4.37. The normalized spacial score (nSPS) is 18.3. The minimum Gasteiger partial charge on any atom is -0.336 e. The largest absolute Gasteiger partial charge is 0.336 e. The van der Waals surface area contributed by atoms with Crippen LogP contribution in [0.1, 0.15) is 23.0 Å². The average molecular weight is 368 g/mol. The van der Waals surface area contributed by atoms with Crippen molar-refractivity contribution in [3.63, 3.8) is 0 Å². The van der Waals surface area contributed by atoms with Crippen molar-refractivity contribution >= 4 is 29.0 Å². The number of benzene rings is 1. The summed E-state index contributed by atoms with van der Waals surface area (Å²) >= 11 is 5.96. The summed E-state index contributed by atoms with van der Waals surface area (Å²) in [6.45, 7) is 1.78. The third kappa shape index (κ3) is 2.53. The minimum atomic E-state index is -1.02. The second-order valence-corrected chi connectivity index (χ2v) is 6.46. The summed E-state index contributed by atoms with van der Waals surface area (Å²) in [5, 5.41) is 6.44. The number of halogens is 1. The summed E-state index contributed by atoms with van der Waals surface area (Å²) in [7, 11) is 0. The Kier molecular flexibility index (Phi) is 3.73. The molecule has 1 unspecified atom stereocenters. The lowest BCUT2D eigenvalue weighted by Gasteiger charge is -2.28. The molecule has 0 radical (unpaired) electrons. The zero-order valence-corrected chi connectivity index (χ0v) is 14.5. The second-order valence-electron chi connectivity index (χ2n) is 6.03. The lowest BCUT2D eigenvalue weighted by molar-refractivity contribution is 0.0941. The molecule has 0 saturated carbocycles. The number of pyridine rings is 1. The molecule has 26 heavy (non-hydrogen) atoms. The van der Waals surface area contributed by atoms with Gasteiger partial charge in [-0.1, -0.05) is 23.7 Å². The topological polar surface area (TPSA) is 88.9 Å². The summed E-state index contributed by atoms with van der Waals surface area (Å²) in [5.74, 6) is 0.177. The van der Waals surface area contributed by atoms with Gasteiger partial charge in [0.1, 0.15) is 29.2 Å². The molecule has 1 aliphatic rings. The van der Waals surface area contributed by atoms with E-state index in [0.717, 1.165) is 5.56 Å². The van der Waals surface area contributed by atoms with Crippen molar-refractivity contribution in [1.82, 2.24) is 19.9 Å². The number of rotatable bonds is 3. The van der Waals surface area contributed by atoms with Crippen LogP contribution < -0.4 is 16.2 Å². The maximum absolute atomic E-state index is 13.1. The highest BCUT2D eigenvalue weighted by atomic mass is 35.5. The van der Waals surface area contributed by atoms with Crippen LogP contribution in [0.4, 0.5) is 11.5 Å². The number of carbonyl (C=O) groups is 1. The van der Waals surface area contributed by atoms with E-state index < -0.39 is 5.66 Å². The monoisotopic (exact) mass is 367 g/mol. The van der Waals surface area contributed by atoms with Gasteiger partial charge in [0.15, 0.2) is 0 Å². The van der Waals surface area contributed by atoms with E-state index in [9.17, 15) is 9.59 Å². The number of hydrogen-bond acceptors (Lipinski definition) is 5. The number of nitrogens with zero attached hydrogens (tertiary/aromatic N) is 3. The molecule has 2 N–H and O–H groups in total. The van der Waals surface area contributed by atoms with Crippen LogP contribution in [0.5, 0.6) is 0 Å². The van der Waals surface area contributed by atoms with Crippen LogP contribution in [0.15, 0.2) is 59.8 Å². The van der Waals surface area contributed by atoms with E-state index in [4.69, 9.17) is 11.6 Å². The summed E-state index contributed by atoms with van der Waals surface area (Å²) < 4.78 is 1.45. The first-order chi connectivity index (χ1) is 12.5. The third-order valence-corrected chi connectivity index (χ3v) is 4.62. The van der Waals surface area contributed by atoms with Gasteiger partial charge >= 0.3 is 0 Å². The molecule has 3 aromatic rings. The molecule has 1 atom stereocenters. The number of nitrogens with one attached hydrogen (secondary N) is 2. The van der Waals surface area contributed by atoms with E-state index in [1.807, 2.05) is 0 Å². The Labute approximate surface area is 153 Å². The smallest absolute Gasteiger partial charge is 0.277 e. The Bertz CT molecular complexity index is 1050. The van der Waals surface area contributed by atoms with Crippen LogP contribution in [0, 0.1) is 0 Å². The van der Waals surface area contributed by atoms with Crippen LogP contribution in [0.3, 0.4) is 0 Å². The molecule has 1 amide bonds. The molecular formula is C18H14ClN5O2. The molecule has 3 heterocycles. The Morgan fingerprint density at radius 1 is 1.12 bits per heavy atom. The van der Waals surface area contributed by atoms with Crippen molar-refractivity contribution in [2.45, 2.75) is 12.6 Å². The van der Waals surface area contributed by atoms with Crippen molar-refractivity contribution in [2.24, 2.45) is 0 Å². The van der Waals surface area contributed by atoms with Crippen molar-refractivity contribution in [2.75, 3.05) is 5.32 Å². The van der Waals surface area contributed by atoms with Crippen LogP contribution >= 0.6 is 11.6 Å². The number of carbonyl (C=O) groups excluding carboxylic acids is 1. The highest BCUT2D eigenvalue weighted by Crippen LogP contribution is 2.30. The maximum atomic E-state index is 13.1. The molecule has 0 aliphatic carbocycles. The van der Waals surface area contributed by atoms with Gasteiger partial charge in [0, 0.05) is 11.2 Å². The van der Waals surface area contributed by atoms with Crippen LogP contribution in [-0.2, 0) is 5.66 Å². The van der Waals surface area contributed by atoms with Gasteiger partial charge in [0.2, 0.25) is 0 Å². The van der Waals surface area contributed by atoms with E-state index in [2.05, 4.69) is 20.6 Å². The Morgan fingerprint density at radius 2 is 1.88 bits per heavy atom. The average Bonchev–Trinajstić information content (AvgIpc) is 2.91. The van der Waals surface area contributed by atoms with Crippen LogP contribution in [-0.4, -0.2) is 20.4 Å². The SMILES string of the molecule is CC1(c2ccc(Cl)cc2)NC(=O)c2ccc(Nc3ccncn3)c(=O)n21. The molecule has 8 heteroatoms. The molecular weight excluding hydrogens is 354 g/mol. The molecule has 4 rings (SSSR count). The fourth-order valence-corrected chi connectivity index (χ4v) is 3.20. The van der Waals surface area contributed by atoms with Crippen molar-refractivity contribution in [3.05, 3.63) is 81.6 Å². The number of aromatic nitrogens is 3. The molecule has 2 aromatic heterocycles. The Morgan fingerprint density at radius 3 is 2.58 bits per heavy atom. The van der Waals surface area contributed by atoms with Gasteiger partial charge in [-0.3, -0.25) is 14.2 Å². The number of amides is 1. The predicted molar refractivity (Wildman–Crippen MR) is 97.7 cm³/mol. The first kappa shape index (κ1) is 16.3. The lowest BCUT2D eigenvalue weighted by atomic mass is 10.0. The fraction of sp³-hybridized carbons (Fsp3) is 0.111. The van der Waals surface area contributed by atoms with Gasteiger partial charge in [0.05, 0.1) is 0 Å². The standard InChI is InChI=1S/C18H14ClN5O2/c1-18(11-2-4-12(19)5-3-11)23-16(25)14-7-6-13(17(26)24(14)18)22-15-8-9-20-10-21-15/h2-10H,1H3,(H,23,25)(H,20,21,22). The molecule has 130 valence electrons. The van der Waals surface area contributed by atoms with Gasteiger partial charge in [-0.15, -0.1) is 0 Å². The molecule has 0 saturated heterocycles. The summed E-state index contributed by atoms with van der Waals surface area (Å²) in [4.78, 5) is 33.4. The van der Waals surface area contributed by atoms with Gasteiger partial charge in [-0.05, 0) is 42.8 Å². The summed E-state index contributed by atoms with van der Waals surface area (Å²) in [6.07, 6.45) is 2.96. The quantitative estimate of drug-likeness (QED) is 0.742.